The number of aryl methyl sites for hydroxylation is 3. The molecule has 0 spiro atoms. The summed E-state index contributed by atoms with van der Waals surface area (Å²) >= 11 is 0. The van der Waals surface area contributed by atoms with Crippen LogP contribution in [0, 0.1) is 0 Å². The number of fused-ring (bicyclic) bond motifs is 1. The van der Waals surface area contributed by atoms with Crippen LogP contribution in [0.25, 0.3) is 10.9 Å². The summed E-state index contributed by atoms with van der Waals surface area (Å²) in [4.78, 5) is 0. The summed E-state index contributed by atoms with van der Waals surface area (Å²) in [5.74, 6) is 0. The smallest absolute Gasteiger partial charge is 0.0480 e. The normalized spacial score (nSPS) is 15.3. The van der Waals surface area contributed by atoms with Crippen molar-refractivity contribution in [3.63, 3.8) is 0 Å². The monoisotopic (exact) mass is 256 g/mol. The van der Waals surface area contributed by atoms with E-state index in [-0.39, 0.29) is 0 Å². The van der Waals surface area contributed by atoms with Crippen molar-refractivity contribution in [1.82, 2.24) is 9.88 Å². The van der Waals surface area contributed by atoms with Gasteiger partial charge in [0.15, 0.2) is 0 Å². The highest BCUT2D eigenvalue weighted by Crippen LogP contribution is 2.24. The van der Waals surface area contributed by atoms with Crippen molar-refractivity contribution in [3.05, 3.63) is 35.5 Å². The predicted molar refractivity (Wildman–Crippen MR) is 81.6 cm³/mol. The molecule has 0 radical (unpaired) electrons. The first-order valence-corrected chi connectivity index (χ1v) is 7.58. The van der Waals surface area contributed by atoms with E-state index in [0.29, 0.717) is 0 Å². The highest BCUT2D eigenvalue weighted by atomic mass is 14.9. The lowest BCUT2D eigenvalue weighted by Gasteiger charge is -2.03. The van der Waals surface area contributed by atoms with Crippen LogP contribution in [-0.2, 0) is 19.9 Å². The zero-order valence-corrected chi connectivity index (χ0v) is 12.1. The van der Waals surface area contributed by atoms with Crippen LogP contribution in [0.3, 0.4) is 0 Å². The molecule has 1 aromatic carbocycles. The van der Waals surface area contributed by atoms with Crippen LogP contribution >= 0.6 is 0 Å². The van der Waals surface area contributed by atoms with Crippen LogP contribution in [0.5, 0.6) is 0 Å². The summed E-state index contributed by atoms with van der Waals surface area (Å²) < 4.78 is 2.26. The molecule has 102 valence electrons. The van der Waals surface area contributed by atoms with Gasteiger partial charge in [0, 0.05) is 30.2 Å². The lowest BCUT2D eigenvalue weighted by Crippen LogP contribution is -2.17. The molecule has 3 rings (SSSR count). The zero-order chi connectivity index (χ0) is 13.2. The first-order chi connectivity index (χ1) is 9.28. The third-order valence-corrected chi connectivity index (χ3v) is 4.18. The van der Waals surface area contributed by atoms with Gasteiger partial charge in [-0.05, 0) is 61.9 Å². The van der Waals surface area contributed by atoms with E-state index < -0.39 is 0 Å². The molecule has 2 nitrogen and oxygen atoms in total. The topological polar surface area (TPSA) is 17.0 Å². The molecule has 1 N–H and O–H groups in total. The quantitative estimate of drug-likeness (QED) is 0.784. The van der Waals surface area contributed by atoms with E-state index in [2.05, 4.69) is 48.3 Å². The fourth-order valence-corrected chi connectivity index (χ4v) is 2.81. The van der Waals surface area contributed by atoms with Gasteiger partial charge in [0.05, 0.1) is 0 Å². The van der Waals surface area contributed by atoms with Gasteiger partial charge in [-0.15, -0.1) is 0 Å². The Morgan fingerprint density at radius 3 is 2.89 bits per heavy atom. The highest BCUT2D eigenvalue weighted by molar-refractivity contribution is 5.84. The Kier molecular flexibility index (Phi) is 3.61. The summed E-state index contributed by atoms with van der Waals surface area (Å²) in [5, 5.41) is 5.05. The van der Waals surface area contributed by atoms with Crippen LogP contribution < -0.4 is 5.32 Å². The van der Waals surface area contributed by atoms with Gasteiger partial charge in [0.2, 0.25) is 0 Å². The van der Waals surface area contributed by atoms with Crippen molar-refractivity contribution in [2.24, 2.45) is 7.05 Å². The third-order valence-electron chi connectivity index (χ3n) is 4.18. The maximum Gasteiger partial charge on any atom is 0.0480 e. The fraction of sp³-hybridized carbons (Fsp3) is 0.529. The molecular formula is C17H24N2. The number of aromatic nitrogens is 1. The molecule has 0 atom stereocenters. The lowest BCUT2D eigenvalue weighted by atomic mass is 10.0. The van der Waals surface area contributed by atoms with Crippen LogP contribution in [0.2, 0.25) is 0 Å². The van der Waals surface area contributed by atoms with Gasteiger partial charge in [-0.25, -0.2) is 0 Å². The summed E-state index contributed by atoms with van der Waals surface area (Å²) in [7, 11) is 2.15. The maximum atomic E-state index is 3.60. The first-order valence-electron chi connectivity index (χ1n) is 7.58. The average molecular weight is 256 g/mol. The van der Waals surface area contributed by atoms with Gasteiger partial charge in [-0.1, -0.05) is 13.0 Å². The van der Waals surface area contributed by atoms with Gasteiger partial charge in [-0.3, -0.25) is 0 Å². The van der Waals surface area contributed by atoms with Crippen molar-refractivity contribution in [3.8, 4) is 0 Å². The minimum absolute atomic E-state index is 0.833. The lowest BCUT2D eigenvalue weighted by molar-refractivity contribution is 0.646. The summed E-state index contributed by atoms with van der Waals surface area (Å²) in [5.41, 5.74) is 4.31. The molecule has 2 heteroatoms. The van der Waals surface area contributed by atoms with Crippen molar-refractivity contribution in [2.75, 3.05) is 6.54 Å². The highest BCUT2D eigenvalue weighted by Gasteiger charge is 2.19. The van der Waals surface area contributed by atoms with E-state index in [9.17, 15) is 0 Å². The first kappa shape index (κ1) is 12.7. The molecule has 0 saturated heterocycles. The van der Waals surface area contributed by atoms with Crippen LogP contribution in [0.1, 0.15) is 37.3 Å². The molecule has 0 unspecified atom stereocenters. The molecule has 1 saturated carbocycles. The van der Waals surface area contributed by atoms with Crippen molar-refractivity contribution < 1.29 is 0 Å². The second-order valence-corrected chi connectivity index (χ2v) is 5.80. The molecular weight excluding hydrogens is 232 g/mol. The zero-order valence-electron chi connectivity index (χ0n) is 12.1. The van der Waals surface area contributed by atoms with Crippen molar-refractivity contribution in [1.29, 1.82) is 0 Å². The molecule has 1 aromatic heterocycles. The van der Waals surface area contributed by atoms with Gasteiger partial charge < -0.3 is 9.88 Å². The summed E-state index contributed by atoms with van der Waals surface area (Å²) in [6.45, 7) is 3.39. The Morgan fingerprint density at radius 2 is 2.16 bits per heavy atom. The van der Waals surface area contributed by atoms with E-state index in [4.69, 9.17) is 0 Å². The Balaban J connectivity index is 1.73. The predicted octanol–water partition coefficient (Wildman–Crippen LogP) is 3.43. The number of nitrogens with one attached hydrogen (secondary N) is 1. The van der Waals surface area contributed by atoms with E-state index in [1.165, 1.54) is 47.7 Å². The molecule has 0 bridgehead atoms. The molecule has 2 aromatic rings. The Hall–Kier alpha value is -1.28. The number of hydrogen-bond donors (Lipinski definition) is 1. The van der Waals surface area contributed by atoms with Gasteiger partial charge >= 0.3 is 0 Å². The Labute approximate surface area is 115 Å². The minimum atomic E-state index is 0.833. The van der Waals surface area contributed by atoms with Gasteiger partial charge in [-0.2, -0.15) is 0 Å². The minimum Gasteiger partial charge on any atom is -0.350 e. The summed E-state index contributed by atoms with van der Waals surface area (Å²) in [6.07, 6.45) is 8.62. The number of benzene rings is 1. The molecule has 1 heterocycles. The van der Waals surface area contributed by atoms with E-state index >= 15 is 0 Å². The van der Waals surface area contributed by atoms with Crippen LogP contribution in [0.15, 0.2) is 24.4 Å². The van der Waals surface area contributed by atoms with Crippen LogP contribution in [0.4, 0.5) is 0 Å². The molecule has 1 aliphatic carbocycles. The van der Waals surface area contributed by atoms with E-state index in [0.717, 1.165) is 19.0 Å². The molecule has 1 aliphatic rings. The molecule has 19 heavy (non-hydrogen) atoms. The van der Waals surface area contributed by atoms with Gasteiger partial charge in [0.25, 0.3) is 0 Å². The third kappa shape index (κ3) is 2.84. The standard InChI is InChI=1S/C17H24N2/c1-3-13-6-9-17-16(11-13)14(12-19(17)2)5-4-10-18-15-7-8-15/h6,9,11-12,15,18H,3-5,7-8,10H2,1-2H3. The largest absolute Gasteiger partial charge is 0.350 e. The van der Waals surface area contributed by atoms with Crippen LogP contribution in [-0.4, -0.2) is 17.2 Å². The average Bonchev–Trinajstić information content (AvgIpc) is 3.20. The van der Waals surface area contributed by atoms with Crippen molar-refractivity contribution >= 4 is 10.9 Å². The van der Waals surface area contributed by atoms with Crippen molar-refractivity contribution in [2.45, 2.75) is 45.1 Å². The molecule has 1 fully saturated rings. The molecule has 0 amide bonds. The summed E-state index contributed by atoms with van der Waals surface area (Å²) in [6, 6.07) is 7.72. The Morgan fingerprint density at radius 1 is 1.32 bits per heavy atom. The SMILES string of the molecule is CCc1ccc2c(c1)c(CCCNC1CC1)cn2C. The van der Waals surface area contributed by atoms with E-state index in [1.54, 1.807) is 0 Å². The fourth-order valence-electron chi connectivity index (χ4n) is 2.81. The maximum absolute atomic E-state index is 3.60. The number of nitrogens with zero attached hydrogens (tertiary/aromatic N) is 1. The van der Waals surface area contributed by atoms with Gasteiger partial charge in [0.1, 0.15) is 0 Å². The number of hydrogen-bond acceptors (Lipinski definition) is 1. The molecule has 0 aliphatic heterocycles. The Bertz CT molecular complexity index is 564. The second-order valence-electron chi connectivity index (χ2n) is 5.80. The number of rotatable bonds is 6. The van der Waals surface area contributed by atoms with E-state index in [1.807, 2.05) is 0 Å². The second kappa shape index (κ2) is 5.38.